The number of rotatable bonds is 5. The lowest BCUT2D eigenvalue weighted by atomic mass is 10.1. The molecule has 0 heterocycles. The summed E-state index contributed by atoms with van der Waals surface area (Å²) in [7, 11) is 0. The lowest BCUT2D eigenvalue weighted by molar-refractivity contribution is 0.0931. The van der Waals surface area contributed by atoms with Crippen molar-refractivity contribution in [2.24, 2.45) is 0 Å². The van der Waals surface area contributed by atoms with Gasteiger partial charge in [-0.15, -0.1) is 6.58 Å². The van der Waals surface area contributed by atoms with Gasteiger partial charge in [0.25, 0.3) is 5.91 Å². The maximum atomic E-state index is 13.5. The fourth-order valence-corrected chi connectivity index (χ4v) is 2.02. The molecule has 1 N–H and O–H groups in total. The molecule has 0 aliphatic rings. The van der Waals surface area contributed by atoms with Gasteiger partial charge in [0.15, 0.2) is 0 Å². The third-order valence-electron chi connectivity index (χ3n) is 2.47. The number of amides is 1. The minimum Gasteiger partial charge on any atom is -0.349 e. The maximum Gasteiger partial charge on any atom is 0.255 e. The average molecular weight is 300 g/mol. The monoisotopic (exact) mass is 299 g/mol. The number of halogens is 2. The van der Waals surface area contributed by atoms with Gasteiger partial charge >= 0.3 is 0 Å². The Kier molecular flexibility index (Phi) is 5.35. The molecule has 0 aromatic heterocycles. The number of nitrogens with one attached hydrogen (secondary N) is 1. The van der Waals surface area contributed by atoms with Gasteiger partial charge in [-0.05, 0) is 40.9 Å². The SMILES string of the molecule is C=CC[C@@H](CC)NC(=O)c1c(F)cccc1Br. The van der Waals surface area contributed by atoms with E-state index in [9.17, 15) is 9.18 Å². The smallest absolute Gasteiger partial charge is 0.255 e. The number of hydrogen-bond donors (Lipinski definition) is 1. The number of hydrogen-bond acceptors (Lipinski definition) is 1. The highest BCUT2D eigenvalue weighted by atomic mass is 79.9. The van der Waals surface area contributed by atoms with Gasteiger partial charge in [-0.2, -0.15) is 0 Å². The zero-order valence-corrected chi connectivity index (χ0v) is 11.3. The van der Waals surface area contributed by atoms with Crippen molar-refractivity contribution in [3.63, 3.8) is 0 Å². The lowest BCUT2D eigenvalue weighted by Crippen LogP contribution is -2.34. The summed E-state index contributed by atoms with van der Waals surface area (Å²) in [5, 5.41) is 2.79. The third-order valence-corrected chi connectivity index (χ3v) is 3.13. The molecule has 0 spiro atoms. The van der Waals surface area contributed by atoms with E-state index in [1.807, 2.05) is 6.92 Å². The molecule has 0 saturated heterocycles. The van der Waals surface area contributed by atoms with E-state index in [4.69, 9.17) is 0 Å². The Morgan fingerprint density at radius 3 is 2.88 bits per heavy atom. The van der Waals surface area contributed by atoms with Crippen molar-refractivity contribution in [3.8, 4) is 0 Å². The molecular formula is C13H15BrFNO. The highest BCUT2D eigenvalue weighted by Crippen LogP contribution is 2.19. The van der Waals surface area contributed by atoms with Gasteiger partial charge < -0.3 is 5.32 Å². The van der Waals surface area contributed by atoms with Crippen LogP contribution in [0.5, 0.6) is 0 Å². The quantitative estimate of drug-likeness (QED) is 0.826. The second kappa shape index (κ2) is 6.55. The highest BCUT2D eigenvalue weighted by molar-refractivity contribution is 9.10. The van der Waals surface area contributed by atoms with Gasteiger partial charge in [0.1, 0.15) is 5.82 Å². The van der Waals surface area contributed by atoms with Crippen LogP contribution in [0, 0.1) is 5.82 Å². The zero-order valence-electron chi connectivity index (χ0n) is 9.67. The van der Waals surface area contributed by atoms with Gasteiger partial charge in [0, 0.05) is 10.5 Å². The van der Waals surface area contributed by atoms with E-state index in [0.29, 0.717) is 10.9 Å². The zero-order chi connectivity index (χ0) is 12.8. The Bertz CT molecular complexity index is 400. The van der Waals surface area contributed by atoms with Gasteiger partial charge in [-0.25, -0.2) is 4.39 Å². The van der Waals surface area contributed by atoms with Crippen LogP contribution in [0.25, 0.3) is 0 Å². The largest absolute Gasteiger partial charge is 0.349 e. The van der Waals surface area contributed by atoms with Crippen LogP contribution in [0.3, 0.4) is 0 Å². The molecule has 17 heavy (non-hydrogen) atoms. The van der Waals surface area contributed by atoms with Crippen molar-refractivity contribution in [3.05, 3.63) is 46.7 Å². The minimum absolute atomic E-state index is 0.00786. The van der Waals surface area contributed by atoms with Gasteiger partial charge in [-0.1, -0.05) is 19.1 Å². The molecule has 0 bridgehead atoms. The van der Waals surface area contributed by atoms with E-state index < -0.39 is 11.7 Å². The topological polar surface area (TPSA) is 29.1 Å². The Balaban J connectivity index is 2.86. The molecular weight excluding hydrogens is 285 g/mol. The number of benzene rings is 1. The summed E-state index contributed by atoms with van der Waals surface area (Å²) >= 11 is 3.18. The molecule has 0 unspecified atom stereocenters. The first-order valence-corrected chi connectivity index (χ1v) is 6.25. The second-order valence-corrected chi connectivity index (χ2v) is 4.55. The highest BCUT2D eigenvalue weighted by Gasteiger charge is 2.17. The predicted octanol–water partition coefficient (Wildman–Crippen LogP) is 3.67. The van der Waals surface area contributed by atoms with Crippen molar-refractivity contribution >= 4 is 21.8 Å². The predicted molar refractivity (Wildman–Crippen MR) is 70.5 cm³/mol. The summed E-state index contributed by atoms with van der Waals surface area (Å²) in [4.78, 5) is 11.9. The van der Waals surface area contributed by atoms with E-state index in [0.717, 1.165) is 6.42 Å². The number of carbonyl (C=O) groups is 1. The Labute approximate surface area is 109 Å². The second-order valence-electron chi connectivity index (χ2n) is 3.70. The first kappa shape index (κ1) is 13.9. The van der Waals surface area contributed by atoms with Crippen LogP contribution in [-0.2, 0) is 0 Å². The molecule has 1 atom stereocenters. The molecule has 2 nitrogen and oxygen atoms in total. The first-order valence-electron chi connectivity index (χ1n) is 5.45. The summed E-state index contributed by atoms with van der Waals surface area (Å²) in [6.45, 7) is 5.59. The summed E-state index contributed by atoms with van der Waals surface area (Å²) < 4.78 is 14.0. The summed E-state index contributed by atoms with van der Waals surface area (Å²) in [5.74, 6) is -0.922. The number of carbonyl (C=O) groups excluding carboxylic acids is 1. The minimum atomic E-state index is -0.523. The molecule has 0 radical (unpaired) electrons. The van der Waals surface area contributed by atoms with E-state index in [1.165, 1.54) is 6.07 Å². The molecule has 1 aromatic rings. The molecule has 1 aromatic carbocycles. The molecule has 92 valence electrons. The molecule has 4 heteroatoms. The van der Waals surface area contributed by atoms with Crippen molar-refractivity contribution in [2.45, 2.75) is 25.8 Å². The van der Waals surface area contributed by atoms with Gasteiger partial charge in [0.2, 0.25) is 0 Å². The van der Waals surface area contributed by atoms with E-state index in [1.54, 1.807) is 18.2 Å². The average Bonchev–Trinajstić information content (AvgIpc) is 2.28. The van der Waals surface area contributed by atoms with Crippen LogP contribution in [-0.4, -0.2) is 11.9 Å². The van der Waals surface area contributed by atoms with Crippen molar-refractivity contribution < 1.29 is 9.18 Å². The van der Waals surface area contributed by atoms with Crippen LogP contribution in [0.1, 0.15) is 30.1 Å². The molecule has 0 fully saturated rings. The van der Waals surface area contributed by atoms with Crippen LogP contribution in [0.4, 0.5) is 4.39 Å². The molecule has 0 aliphatic carbocycles. The normalized spacial score (nSPS) is 11.9. The maximum absolute atomic E-state index is 13.5. The fraction of sp³-hybridized carbons (Fsp3) is 0.308. The Morgan fingerprint density at radius 2 is 2.35 bits per heavy atom. The van der Waals surface area contributed by atoms with E-state index in [-0.39, 0.29) is 11.6 Å². The summed E-state index contributed by atoms with van der Waals surface area (Å²) in [5.41, 5.74) is 0.0509. The van der Waals surface area contributed by atoms with Crippen molar-refractivity contribution in [2.75, 3.05) is 0 Å². The van der Waals surface area contributed by atoms with E-state index >= 15 is 0 Å². The van der Waals surface area contributed by atoms with Gasteiger partial charge in [-0.3, -0.25) is 4.79 Å². The molecule has 0 aliphatic heterocycles. The molecule has 1 rings (SSSR count). The summed E-state index contributed by atoms with van der Waals surface area (Å²) in [6.07, 6.45) is 3.20. The van der Waals surface area contributed by atoms with Crippen LogP contribution in [0.15, 0.2) is 35.3 Å². The fourth-order valence-electron chi connectivity index (χ4n) is 1.50. The summed E-state index contributed by atoms with van der Waals surface area (Å²) in [6, 6.07) is 4.46. The lowest BCUT2D eigenvalue weighted by Gasteiger charge is -2.15. The first-order chi connectivity index (χ1) is 8.10. The molecule has 1 amide bonds. The van der Waals surface area contributed by atoms with Crippen LogP contribution in [0.2, 0.25) is 0 Å². The van der Waals surface area contributed by atoms with E-state index in [2.05, 4.69) is 27.8 Å². The van der Waals surface area contributed by atoms with Crippen LogP contribution >= 0.6 is 15.9 Å². The standard InChI is InChI=1S/C13H15BrFNO/c1-3-6-9(4-2)16-13(17)12-10(14)7-5-8-11(12)15/h3,5,7-9H,1,4,6H2,2H3,(H,16,17)/t9-/m1/s1. The van der Waals surface area contributed by atoms with Gasteiger partial charge in [0.05, 0.1) is 5.56 Å². The van der Waals surface area contributed by atoms with Crippen molar-refractivity contribution in [1.29, 1.82) is 0 Å². The molecule has 0 saturated carbocycles. The third kappa shape index (κ3) is 3.66. The van der Waals surface area contributed by atoms with Crippen molar-refractivity contribution in [1.82, 2.24) is 5.32 Å². The van der Waals surface area contributed by atoms with Crippen LogP contribution < -0.4 is 5.32 Å². The Morgan fingerprint density at radius 1 is 1.65 bits per heavy atom. The Hall–Kier alpha value is -1.16.